The number of ketones is 1. The van der Waals surface area contributed by atoms with Gasteiger partial charge in [-0.2, -0.15) is 0 Å². The zero-order valence-corrected chi connectivity index (χ0v) is 11.7. The summed E-state index contributed by atoms with van der Waals surface area (Å²) in [4.78, 5) is 26.6. The largest absolute Gasteiger partial charge is 0.354 e. The predicted molar refractivity (Wildman–Crippen MR) is 73.3 cm³/mol. The molecular weight excluding hydrogens is 242 g/mol. The lowest BCUT2D eigenvalue weighted by molar-refractivity contribution is 0.0945. The molecule has 2 rings (SSSR count). The van der Waals surface area contributed by atoms with Gasteiger partial charge in [0.15, 0.2) is 5.78 Å². The molecule has 5 heteroatoms. The Morgan fingerprint density at radius 1 is 1.42 bits per heavy atom. The van der Waals surface area contributed by atoms with Crippen molar-refractivity contribution < 1.29 is 9.59 Å². The SMILES string of the molecule is CC(=O)c1c(C)[nH]c(C(=O)NCC(N)C2CC2)c1C. The normalized spacial score (nSPS) is 16.2. The van der Waals surface area contributed by atoms with Crippen molar-refractivity contribution in [3.63, 3.8) is 0 Å². The highest BCUT2D eigenvalue weighted by Gasteiger charge is 2.29. The van der Waals surface area contributed by atoms with Crippen LogP contribution in [0, 0.1) is 19.8 Å². The van der Waals surface area contributed by atoms with Crippen LogP contribution in [0.25, 0.3) is 0 Å². The number of amides is 1. The summed E-state index contributed by atoms with van der Waals surface area (Å²) in [5, 5.41) is 2.83. The molecule has 1 atom stereocenters. The molecule has 0 bridgehead atoms. The Balaban J connectivity index is 2.06. The van der Waals surface area contributed by atoms with Gasteiger partial charge in [0.25, 0.3) is 5.91 Å². The highest BCUT2D eigenvalue weighted by atomic mass is 16.2. The standard InChI is InChI=1S/C14H21N3O2/c1-7-12(9(3)18)8(2)17-13(7)14(19)16-6-11(15)10-4-5-10/h10-11,17H,4-6,15H2,1-3H3,(H,16,19). The van der Waals surface area contributed by atoms with E-state index in [1.807, 2.05) is 0 Å². The van der Waals surface area contributed by atoms with Crippen LogP contribution in [0.15, 0.2) is 0 Å². The lowest BCUT2D eigenvalue weighted by atomic mass is 10.1. The van der Waals surface area contributed by atoms with E-state index in [0.717, 1.165) is 18.5 Å². The Bertz CT molecular complexity index is 515. The van der Waals surface area contributed by atoms with Crippen molar-refractivity contribution in [2.45, 2.75) is 39.7 Å². The summed E-state index contributed by atoms with van der Waals surface area (Å²) in [5.74, 6) is 0.337. The number of hydrogen-bond donors (Lipinski definition) is 3. The van der Waals surface area contributed by atoms with Crippen molar-refractivity contribution in [2.75, 3.05) is 6.54 Å². The summed E-state index contributed by atoms with van der Waals surface area (Å²) in [7, 11) is 0. The number of aryl methyl sites for hydroxylation is 1. The zero-order valence-electron chi connectivity index (χ0n) is 11.7. The number of carbonyl (C=O) groups is 2. The summed E-state index contributed by atoms with van der Waals surface area (Å²) >= 11 is 0. The minimum atomic E-state index is -0.191. The molecule has 1 unspecified atom stereocenters. The molecule has 1 fully saturated rings. The molecule has 1 heterocycles. The third kappa shape index (κ3) is 2.87. The fraction of sp³-hybridized carbons (Fsp3) is 0.571. The van der Waals surface area contributed by atoms with E-state index in [1.54, 1.807) is 13.8 Å². The van der Waals surface area contributed by atoms with Crippen LogP contribution >= 0.6 is 0 Å². The van der Waals surface area contributed by atoms with E-state index < -0.39 is 0 Å². The van der Waals surface area contributed by atoms with Crippen molar-refractivity contribution in [3.8, 4) is 0 Å². The van der Waals surface area contributed by atoms with E-state index in [2.05, 4.69) is 10.3 Å². The van der Waals surface area contributed by atoms with Gasteiger partial charge >= 0.3 is 0 Å². The van der Waals surface area contributed by atoms with Crippen LogP contribution < -0.4 is 11.1 Å². The second-order valence-corrected chi connectivity index (χ2v) is 5.39. The second kappa shape index (κ2) is 5.17. The smallest absolute Gasteiger partial charge is 0.268 e. The van der Waals surface area contributed by atoms with E-state index in [9.17, 15) is 9.59 Å². The number of carbonyl (C=O) groups excluding carboxylic acids is 2. The average molecular weight is 263 g/mol. The van der Waals surface area contributed by atoms with Crippen molar-refractivity contribution in [3.05, 3.63) is 22.5 Å². The van der Waals surface area contributed by atoms with E-state index in [-0.39, 0.29) is 17.7 Å². The summed E-state index contributed by atoms with van der Waals surface area (Å²) in [6, 6.07) is 0.0348. The van der Waals surface area contributed by atoms with Crippen molar-refractivity contribution in [2.24, 2.45) is 11.7 Å². The quantitative estimate of drug-likeness (QED) is 0.700. The molecule has 1 aliphatic carbocycles. The van der Waals surface area contributed by atoms with Crippen molar-refractivity contribution in [1.29, 1.82) is 0 Å². The monoisotopic (exact) mass is 263 g/mol. The molecule has 0 radical (unpaired) electrons. The third-order valence-electron chi connectivity index (χ3n) is 3.74. The Hall–Kier alpha value is -1.62. The molecule has 1 aliphatic rings. The van der Waals surface area contributed by atoms with Gasteiger partial charge in [-0.25, -0.2) is 0 Å². The molecular formula is C14H21N3O2. The van der Waals surface area contributed by atoms with Gasteiger partial charge in [-0.1, -0.05) is 0 Å². The van der Waals surface area contributed by atoms with Gasteiger partial charge in [-0.15, -0.1) is 0 Å². The summed E-state index contributed by atoms with van der Waals surface area (Å²) in [6.45, 7) is 5.58. The molecule has 5 nitrogen and oxygen atoms in total. The lowest BCUT2D eigenvalue weighted by Gasteiger charge is -2.11. The van der Waals surface area contributed by atoms with Gasteiger partial charge in [0.1, 0.15) is 5.69 Å². The van der Waals surface area contributed by atoms with E-state index in [0.29, 0.717) is 29.3 Å². The first-order valence-corrected chi connectivity index (χ1v) is 6.65. The van der Waals surface area contributed by atoms with Crippen LogP contribution in [0.2, 0.25) is 0 Å². The first-order chi connectivity index (χ1) is 8.91. The molecule has 0 saturated heterocycles. The molecule has 0 aliphatic heterocycles. The van der Waals surface area contributed by atoms with Crippen molar-refractivity contribution >= 4 is 11.7 Å². The maximum atomic E-state index is 12.1. The maximum absolute atomic E-state index is 12.1. The van der Waals surface area contributed by atoms with Crippen LogP contribution in [0.4, 0.5) is 0 Å². The number of H-pyrrole nitrogens is 1. The van der Waals surface area contributed by atoms with Crippen LogP contribution in [0.5, 0.6) is 0 Å². The van der Waals surface area contributed by atoms with Gasteiger partial charge in [0, 0.05) is 23.8 Å². The van der Waals surface area contributed by atoms with Crippen LogP contribution in [0.1, 0.15) is 51.9 Å². The van der Waals surface area contributed by atoms with Gasteiger partial charge in [0.2, 0.25) is 0 Å². The minimum absolute atomic E-state index is 0.0278. The fourth-order valence-corrected chi connectivity index (χ4v) is 2.50. The molecule has 0 spiro atoms. The molecule has 104 valence electrons. The average Bonchev–Trinajstić information content (AvgIpc) is 3.12. The van der Waals surface area contributed by atoms with Crippen molar-refractivity contribution in [1.82, 2.24) is 10.3 Å². The molecule has 19 heavy (non-hydrogen) atoms. The number of aromatic nitrogens is 1. The highest BCUT2D eigenvalue weighted by molar-refractivity contribution is 6.02. The van der Waals surface area contributed by atoms with E-state index in [1.165, 1.54) is 6.92 Å². The Kier molecular flexibility index (Phi) is 3.75. The first kappa shape index (κ1) is 13.8. The van der Waals surface area contributed by atoms with Crippen LogP contribution in [-0.4, -0.2) is 29.3 Å². The maximum Gasteiger partial charge on any atom is 0.268 e. The number of aromatic amines is 1. The van der Waals surface area contributed by atoms with Crippen LogP contribution in [-0.2, 0) is 0 Å². The summed E-state index contributed by atoms with van der Waals surface area (Å²) in [6.07, 6.45) is 2.32. The van der Waals surface area contributed by atoms with E-state index >= 15 is 0 Å². The number of hydrogen-bond acceptors (Lipinski definition) is 3. The molecule has 1 aromatic heterocycles. The number of nitrogens with two attached hydrogens (primary N) is 1. The molecule has 1 aromatic rings. The molecule has 0 aromatic carbocycles. The summed E-state index contributed by atoms with van der Waals surface area (Å²) < 4.78 is 0. The van der Waals surface area contributed by atoms with Gasteiger partial charge < -0.3 is 16.0 Å². The Labute approximate surface area is 112 Å². The van der Waals surface area contributed by atoms with Gasteiger partial charge in [0.05, 0.1) is 0 Å². The number of nitrogens with one attached hydrogen (secondary N) is 2. The Morgan fingerprint density at radius 3 is 2.53 bits per heavy atom. The topological polar surface area (TPSA) is 88.0 Å². The number of Topliss-reactive ketones (excluding diaryl/α,β-unsaturated/α-hetero) is 1. The zero-order chi connectivity index (χ0) is 14.2. The summed E-state index contributed by atoms with van der Waals surface area (Å²) in [5.41, 5.74) is 8.47. The first-order valence-electron chi connectivity index (χ1n) is 6.65. The fourth-order valence-electron chi connectivity index (χ4n) is 2.50. The van der Waals surface area contributed by atoms with E-state index in [4.69, 9.17) is 5.73 Å². The minimum Gasteiger partial charge on any atom is -0.354 e. The third-order valence-corrected chi connectivity index (χ3v) is 3.74. The lowest BCUT2D eigenvalue weighted by Crippen LogP contribution is -2.38. The number of rotatable bonds is 5. The molecule has 1 amide bonds. The van der Waals surface area contributed by atoms with Gasteiger partial charge in [-0.05, 0) is 45.1 Å². The predicted octanol–water partition coefficient (Wildman–Crippen LogP) is 1.30. The Morgan fingerprint density at radius 2 is 2.05 bits per heavy atom. The molecule has 1 saturated carbocycles. The van der Waals surface area contributed by atoms with Gasteiger partial charge in [-0.3, -0.25) is 9.59 Å². The molecule has 4 N–H and O–H groups in total. The highest BCUT2D eigenvalue weighted by Crippen LogP contribution is 2.31. The van der Waals surface area contributed by atoms with Crippen LogP contribution in [0.3, 0.4) is 0 Å². The second-order valence-electron chi connectivity index (χ2n) is 5.39.